The van der Waals surface area contributed by atoms with Gasteiger partial charge in [-0.15, -0.1) is 0 Å². The van der Waals surface area contributed by atoms with Crippen LogP contribution in [0.15, 0.2) is 29.3 Å². The molecule has 0 atom stereocenters. The molecule has 0 unspecified atom stereocenters. The molecule has 0 bridgehead atoms. The summed E-state index contributed by atoms with van der Waals surface area (Å²) in [4.78, 5) is 18.6. The molecule has 1 aliphatic heterocycles. The second-order valence-corrected chi connectivity index (χ2v) is 5.63. The first-order valence-corrected chi connectivity index (χ1v) is 8.18. The maximum Gasteiger partial charge on any atom is 0.251 e. The van der Waals surface area contributed by atoms with Gasteiger partial charge < -0.3 is 20.7 Å². The quantitative estimate of drug-likeness (QED) is 0.491. The Labute approximate surface area is 137 Å². The molecule has 1 fully saturated rings. The molecular weight excluding hydrogens is 292 g/mol. The zero-order valence-electron chi connectivity index (χ0n) is 13.8. The number of likely N-dealkylation sites (tertiary alicyclic amines) is 1. The van der Waals surface area contributed by atoms with Gasteiger partial charge in [0.2, 0.25) is 0 Å². The van der Waals surface area contributed by atoms with Crippen LogP contribution in [-0.2, 0) is 0 Å². The summed E-state index contributed by atoms with van der Waals surface area (Å²) >= 11 is 0. The number of benzene rings is 1. The molecule has 0 radical (unpaired) electrons. The molecular formula is C17H26N4O2. The number of guanidine groups is 1. The van der Waals surface area contributed by atoms with Crippen LogP contribution in [-0.4, -0.2) is 50.1 Å². The van der Waals surface area contributed by atoms with Crippen LogP contribution in [0, 0.1) is 0 Å². The average Bonchev–Trinajstić information content (AvgIpc) is 2.87. The molecule has 6 heteroatoms. The van der Waals surface area contributed by atoms with E-state index in [0.29, 0.717) is 30.4 Å². The SMILES string of the molecule is COc1cccc(C(=O)NCCN=C(N)N2CCCCCC2)c1. The maximum atomic E-state index is 12.0. The largest absolute Gasteiger partial charge is 0.497 e. The number of amides is 1. The van der Waals surface area contributed by atoms with Crippen molar-refractivity contribution in [2.75, 3.05) is 33.3 Å². The molecule has 0 saturated carbocycles. The molecule has 6 nitrogen and oxygen atoms in total. The van der Waals surface area contributed by atoms with Gasteiger partial charge in [0.1, 0.15) is 5.75 Å². The summed E-state index contributed by atoms with van der Waals surface area (Å²) < 4.78 is 5.12. The third-order valence-electron chi connectivity index (χ3n) is 3.93. The molecule has 126 valence electrons. The number of carbonyl (C=O) groups is 1. The molecule has 1 heterocycles. The van der Waals surface area contributed by atoms with Gasteiger partial charge in [0.25, 0.3) is 5.91 Å². The number of rotatable bonds is 5. The van der Waals surface area contributed by atoms with Gasteiger partial charge in [0, 0.05) is 25.2 Å². The van der Waals surface area contributed by atoms with E-state index in [-0.39, 0.29) is 5.91 Å². The molecule has 0 spiro atoms. The lowest BCUT2D eigenvalue weighted by molar-refractivity contribution is 0.0954. The Bertz CT molecular complexity index is 537. The summed E-state index contributed by atoms with van der Waals surface area (Å²) in [6, 6.07) is 7.07. The summed E-state index contributed by atoms with van der Waals surface area (Å²) in [5.74, 6) is 1.12. The summed E-state index contributed by atoms with van der Waals surface area (Å²) in [5, 5.41) is 2.85. The van der Waals surface area contributed by atoms with Crippen molar-refractivity contribution in [3.05, 3.63) is 29.8 Å². The molecule has 1 aromatic carbocycles. The zero-order valence-corrected chi connectivity index (χ0v) is 13.8. The smallest absolute Gasteiger partial charge is 0.251 e. The van der Waals surface area contributed by atoms with E-state index < -0.39 is 0 Å². The van der Waals surface area contributed by atoms with Gasteiger partial charge in [-0.1, -0.05) is 18.9 Å². The zero-order chi connectivity index (χ0) is 16.5. The van der Waals surface area contributed by atoms with Crippen LogP contribution in [0.25, 0.3) is 0 Å². The minimum absolute atomic E-state index is 0.132. The lowest BCUT2D eigenvalue weighted by Crippen LogP contribution is -2.38. The van der Waals surface area contributed by atoms with Crippen LogP contribution in [0.1, 0.15) is 36.0 Å². The molecule has 1 aromatic rings. The van der Waals surface area contributed by atoms with Crippen LogP contribution < -0.4 is 15.8 Å². The number of nitrogens with two attached hydrogens (primary N) is 1. The highest BCUT2D eigenvalue weighted by Gasteiger charge is 2.10. The molecule has 0 aromatic heterocycles. The lowest BCUT2D eigenvalue weighted by Gasteiger charge is -2.21. The highest BCUT2D eigenvalue weighted by molar-refractivity contribution is 5.94. The molecule has 1 aliphatic rings. The Morgan fingerprint density at radius 1 is 1.30 bits per heavy atom. The number of ether oxygens (including phenoxy) is 1. The topological polar surface area (TPSA) is 79.9 Å². The Kier molecular flexibility index (Phi) is 6.72. The Balaban J connectivity index is 1.77. The van der Waals surface area contributed by atoms with E-state index >= 15 is 0 Å². The number of carbonyl (C=O) groups excluding carboxylic acids is 1. The van der Waals surface area contributed by atoms with Crippen LogP contribution >= 0.6 is 0 Å². The number of hydrogen-bond donors (Lipinski definition) is 2. The van der Waals surface area contributed by atoms with Crippen LogP contribution in [0.2, 0.25) is 0 Å². The minimum atomic E-state index is -0.132. The monoisotopic (exact) mass is 318 g/mol. The van der Waals surface area contributed by atoms with Gasteiger partial charge in [0.05, 0.1) is 13.7 Å². The number of nitrogens with zero attached hydrogens (tertiary/aromatic N) is 2. The number of methoxy groups -OCH3 is 1. The predicted molar refractivity (Wildman–Crippen MR) is 91.9 cm³/mol. The van der Waals surface area contributed by atoms with Crippen molar-refractivity contribution < 1.29 is 9.53 Å². The molecule has 2 rings (SSSR count). The van der Waals surface area contributed by atoms with Gasteiger partial charge in [-0.25, -0.2) is 0 Å². The van der Waals surface area contributed by atoms with Crippen LogP contribution in [0.3, 0.4) is 0 Å². The molecule has 23 heavy (non-hydrogen) atoms. The third kappa shape index (κ3) is 5.47. The van der Waals surface area contributed by atoms with E-state index in [1.807, 2.05) is 6.07 Å². The predicted octanol–water partition coefficient (Wildman–Crippen LogP) is 1.62. The van der Waals surface area contributed by atoms with Gasteiger partial charge in [0.15, 0.2) is 5.96 Å². The third-order valence-corrected chi connectivity index (χ3v) is 3.93. The second kappa shape index (κ2) is 9.02. The van der Waals surface area contributed by atoms with E-state index in [0.717, 1.165) is 13.1 Å². The van der Waals surface area contributed by atoms with E-state index in [1.165, 1.54) is 25.7 Å². The fourth-order valence-electron chi connectivity index (χ4n) is 2.61. The van der Waals surface area contributed by atoms with Gasteiger partial charge in [-0.3, -0.25) is 9.79 Å². The Morgan fingerprint density at radius 3 is 2.74 bits per heavy atom. The number of nitrogens with one attached hydrogen (secondary N) is 1. The summed E-state index contributed by atoms with van der Waals surface area (Å²) in [5.41, 5.74) is 6.61. The van der Waals surface area contributed by atoms with Gasteiger partial charge in [-0.05, 0) is 31.0 Å². The van der Waals surface area contributed by atoms with Crippen molar-refractivity contribution in [2.24, 2.45) is 10.7 Å². The fraction of sp³-hybridized carbons (Fsp3) is 0.529. The van der Waals surface area contributed by atoms with E-state index in [2.05, 4.69) is 15.2 Å². The Morgan fingerprint density at radius 2 is 2.04 bits per heavy atom. The first kappa shape index (κ1) is 17.1. The van der Waals surface area contributed by atoms with Crippen LogP contribution in [0.4, 0.5) is 0 Å². The van der Waals surface area contributed by atoms with E-state index in [4.69, 9.17) is 10.5 Å². The first-order valence-electron chi connectivity index (χ1n) is 8.18. The number of hydrogen-bond acceptors (Lipinski definition) is 3. The molecule has 1 saturated heterocycles. The van der Waals surface area contributed by atoms with Gasteiger partial charge >= 0.3 is 0 Å². The summed E-state index contributed by atoms with van der Waals surface area (Å²) in [6.45, 7) is 2.90. The second-order valence-electron chi connectivity index (χ2n) is 5.63. The summed E-state index contributed by atoms with van der Waals surface area (Å²) in [7, 11) is 1.58. The maximum absolute atomic E-state index is 12.0. The Hall–Kier alpha value is -2.24. The highest BCUT2D eigenvalue weighted by atomic mass is 16.5. The molecule has 3 N–H and O–H groups in total. The van der Waals surface area contributed by atoms with Gasteiger partial charge in [-0.2, -0.15) is 0 Å². The van der Waals surface area contributed by atoms with Crippen molar-refractivity contribution in [2.45, 2.75) is 25.7 Å². The standard InChI is InChI=1S/C17H26N4O2/c1-23-15-8-6-7-14(13-15)16(22)19-9-10-20-17(18)21-11-4-2-3-5-12-21/h6-8,13H,2-5,9-12H2,1H3,(H2,18,20)(H,19,22). The lowest BCUT2D eigenvalue weighted by atomic mass is 10.2. The molecule has 0 aliphatic carbocycles. The highest BCUT2D eigenvalue weighted by Crippen LogP contribution is 2.12. The summed E-state index contributed by atoms with van der Waals surface area (Å²) in [6.07, 6.45) is 4.87. The van der Waals surface area contributed by atoms with Crippen LogP contribution in [0.5, 0.6) is 5.75 Å². The van der Waals surface area contributed by atoms with E-state index in [9.17, 15) is 4.79 Å². The number of aliphatic imine (C=N–C) groups is 1. The first-order chi connectivity index (χ1) is 11.2. The van der Waals surface area contributed by atoms with Crippen molar-refractivity contribution in [1.82, 2.24) is 10.2 Å². The normalized spacial score (nSPS) is 15.9. The minimum Gasteiger partial charge on any atom is -0.497 e. The van der Waals surface area contributed by atoms with Crippen molar-refractivity contribution in [3.63, 3.8) is 0 Å². The van der Waals surface area contributed by atoms with Crippen molar-refractivity contribution in [1.29, 1.82) is 0 Å². The fourth-order valence-corrected chi connectivity index (χ4v) is 2.61. The van der Waals surface area contributed by atoms with Crippen molar-refractivity contribution >= 4 is 11.9 Å². The van der Waals surface area contributed by atoms with E-state index in [1.54, 1.807) is 25.3 Å². The molecule has 1 amide bonds. The van der Waals surface area contributed by atoms with Crippen molar-refractivity contribution in [3.8, 4) is 5.75 Å². The average molecular weight is 318 g/mol.